The molecule has 4 heteroatoms. The molecule has 0 unspecified atom stereocenters. The van der Waals surface area contributed by atoms with Gasteiger partial charge in [0.2, 0.25) is 0 Å². The first-order valence-electron chi connectivity index (χ1n) is 10.6. The van der Waals surface area contributed by atoms with Gasteiger partial charge in [0.15, 0.2) is 11.5 Å². The lowest BCUT2D eigenvalue weighted by molar-refractivity contribution is 0.256. The predicted octanol–water partition coefficient (Wildman–Crippen LogP) is 6.60. The fourth-order valence-electron chi connectivity index (χ4n) is 3.12. The molecular weight excluding hydrogens is 396 g/mol. The third-order valence-electron chi connectivity index (χ3n) is 4.90. The normalized spacial score (nSPS) is 10.8. The highest BCUT2D eigenvalue weighted by atomic mass is 16.5. The number of hydrogen-bond donors (Lipinski definition) is 1. The predicted molar refractivity (Wildman–Crippen MR) is 130 cm³/mol. The second-order valence-electron chi connectivity index (χ2n) is 7.49. The van der Waals surface area contributed by atoms with Gasteiger partial charge in [0.05, 0.1) is 11.9 Å². The lowest BCUT2D eigenvalue weighted by Gasteiger charge is -2.14. The molecule has 0 aliphatic heterocycles. The highest BCUT2D eigenvalue weighted by Crippen LogP contribution is 2.29. The van der Waals surface area contributed by atoms with Crippen LogP contribution in [0.1, 0.15) is 22.3 Å². The lowest BCUT2D eigenvalue weighted by atomic mass is 10.2. The Hall–Kier alpha value is -4.05. The van der Waals surface area contributed by atoms with Crippen molar-refractivity contribution < 1.29 is 9.47 Å². The van der Waals surface area contributed by atoms with Crippen molar-refractivity contribution in [1.82, 2.24) is 0 Å². The zero-order valence-electron chi connectivity index (χ0n) is 18.1. The van der Waals surface area contributed by atoms with Gasteiger partial charge < -0.3 is 9.47 Å². The van der Waals surface area contributed by atoms with Crippen molar-refractivity contribution in [3.05, 3.63) is 125 Å². The molecule has 0 aliphatic carbocycles. The van der Waals surface area contributed by atoms with Crippen molar-refractivity contribution in [3.8, 4) is 11.5 Å². The van der Waals surface area contributed by atoms with Crippen LogP contribution in [0.3, 0.4) is 0 Å². The van der Waals surface area contributed by atoms with Gasteiger partial charge in [0.25, 0.3) is 0 Å². The Morgan fingerprint density at radius 1 is 0.688 bits per heavy atom. The summed E-state index contributed by atoms with van der Waals surface area (Å²) < 4.78 is 12.2. The van der Waals surface area contributed by atoms with E-state index < -0.39 is 0 Å². The summed E-state index contributed by atoms with van der Waals surface area (Å²) in [5, 5.41) is 4.35. The first-order valence-corrected chi connectivity index (χ1v) is 10.6. The van der Waals surface area contributed by atoms with Crippen LogP contribution in [0, 0.1) is 6.92 Å². The second kappa shape index (κ2) is 10.8. The van der Waals surface area contributed by atoms with E-state index in [1.165, 1.54) is 5.56 Å². The van der Waals surface area contributed by atoms with Crippen molar-refractivity contribution in [3.63, 3.8) is 0 Å². The molecule has 0 radical (unpaired) electrons. The SMILES string of the molecule is Cc1ccc(N/N=C\c2ccc(OCc3ccccc3)c(OCc3ccccc3)c2)cc1. The van der Waals surface area contributed by atoms with E-state index in [4.69, 9.17) is 9.47 Å². The van der Waals surface area contributed by atoms with Crippen LogP contribution in [0.15, 0.2) is 108 Å². The van der Waals surface area contributed by atoms with Gasteiger partial charge in [-0.1, -0.05) is 78.4 Å². The number of aryl methyl sites for hydroxylation is 1. The van der Waals surface area contributed by atoms with Gasteiger partial charge in [-0.3, -0.25) is 5.43 Å². The van der Waals surface area contributed by atoms with E-state index in [0.717, 1.165) is 22.4 Å². The van der Waals surface area contributed by atoms with Crippen LogP contribution in [0.4, 0.5) is 5.69 Å². The highest BCUT2D eigenvalue weighted by Gasteiger charge is 2.08. The molecule has 4 aromatic carbocycles. The molecule has 0 saturated heterocycles. The van der Waals surface area contributed by atoms with Crippen LogP contribution in [0.25, 0.3) is 0 Å². The molecule has 0 saturated carbocycles. The Kier molecular flexibility index (Phi) is 7.17. The first-order chi connectivity index (χ1) is 15.8. The molecule has 4 rings (SSSR count). The minimum absolute atomic E-state index is 0.463. The number of hydrazone groups is 1. The van der Waals surface area contributed by atoms with Gasteiger partial charge in [0.1, 0.15) is 13.2 Å². The maximum atomic E-state index is 6.12. The molecule has 160 valence electrons. The van der Waals surface area contributed by atoms with E-state index >= 15 is 0 Å². The van der Waals surface area contributed by atoms with E-state index in [9.17, 15) is 0 Å². The van der Waals surface area contributed by atoms with Gasteiger partial charge >= 0.3 is 0 Å². The number of benzene rings is 4. The highest BCUT2D eigenvalue weighted by molar-refractivity contribution is 5.81. The zero-order chi connectivity index (χ0) is 22.0. The Balaban J connectivity index is 1.48. The molecule has 0 bridgehead atoms. The maximum Gasteiger partial charge on any atom is 0.162 e. The van der Waals surface area contributed by atoms with E-state index in [1.54, 1.807) is 6.21 Å². The maximum absolute atomic E-state index is 6.12. The summed E-state index contributed by atoms with van der Waals surface area (Å²) in [5.41, 5.74) is 8.33. The summed E-state index contributed by atoms with van der Waals surface area (Å²) in [5.74, 6) is 1.39. The number of hydrogen-bond acceptors (Lipinski definition) is 4. The molecule has 0 atom stereocenters. The number of rotatable bonds is 9. The minimum Gasteiger partial charge on any atom is -0.485 e. The molecule has 0 heterocycles. The van der Waals surface area contributed by atoms with Gasteiger partial charge in [-0.25, -0.2) is 0 Å². The third kappa shape index (κ3) is 6.22. The summed E-state index contributed by atoms with van der Waals surface area (Å²) in [7, 11) is 0. The molecule has 0 aromatic heterocycles. The van der Waals surface area contributed by atoms with Crippen molar-refractivity contribution in [2.75, 3.05) is 5.43 Å². The average molecular weight is 423 g/mol. The Morgan fingerprint density at radius 2 is 1.28 bits per heavy atom. The molecule has 4 nitrogen and oxygen atoms in total. The zero-order valence-corrected chi connectivity index (χ0v) is 18.1. The van der Waals surface area contributed by atoms with Crippen molar-refractivity contribution in [1.29, 1.82) is 0 Å². The monoisotopic (exact) mass is 422 g/mol. The van der Waals surface area contributed by atoms with Crippen molar-refractivity contribution >= 4 is 11.9 Å². The smallest absolute Gasteiger partial charge is 0.162 e. The standard InChI is InChI=1S/C28H26N2O2/c1-22-12-15-26(16-13-22)30-29-19-25-14-17-27(31-20-23-8-4-2-5-9-23)28(18-25)32-21-24-10-6-3-7-11-24/h2-19,30H,20-21H2,1H3/b29-19-. The molecule has 4 aromatic rings. The second-order valence-corrected chi connectivity index (χ2v) is 7.49. The summed E-state index contributed by atoms with van der Waals surface area (Å²) in [6.07, 6.45) is 1.77. The number of ether oxygens (including phenoxy) is 2. The topological polar surface area (TPSA) is 42.9 Å². The molecule has 32 heavy (non-hydrogen) atoms. The summed E-state index contributed by atoms with van der Waals surface area (Å²) in [4.78, 5) is 0. The summed E-state index contributed by atoms with van der Waals surface area (Å²) in [6.45, 7) is 3.00. The van der Waals surface area contributed by atoms with Crippen molar-refractivity contribution in [2.24, 2.45) is 5.10 Å². The summed E-state index contributed by atoms with van der Waals surface area (Å²) in [6, 6.07) is 34.1. The van der Waals surface area contributed by atoms with Gasteiger partial charge in [-0.2, -0.15) is 5.10 Å². The number of anilines is 1. The fraction of sp³-hybridized carbons (Fsp3) is 0.107. The molecule has 0 fully saturated rings. The van der Waals surface area contributed by atoms with Crippen LogP contribution in [-0.2, 0) is 13.2 Å². The minimum atomic E-state index is 0.463. The van der Waals surface area contributed by atoms with E-state index in [-0.39, 0.29) is 0 Å². The largest absolute Gasteiger partial charge is 0.485 e. The Bertz CT molecular complexity index is 1140. The lowest BCUT2D eigenvalue weighted by Crippen LogP contribution is -2.01. The van der Waals surface area contributed by atoms with Crippen molar-refractivity contribution in [2.45, 2.75) is 20.1 Å². The van der Waals surface area contributed by atoms with E-state index in [1.807, 2.05) is 103 Å². The van der Waals surface area contributed by atoms with Crippen LogP contribution < -0.4 is 14.9 Å². The quantitative estimate of drug-likeness (QED) is 0.244. The molecular formula is C28H26N2O2. The third-order valence-corrected chi connectivity index (χ3v) is 4.90. The van der Waals surface area contributed by atoms with Crippen LogP contribution in [0.5, 0.6) is 11.5 Å². The van der Waals surface area contributed by atoms with Crippen LogP contribution in [0.2, 0.25) is 0 Å². The van der Waals surface area contributed by atoms with Gasteiger partial charge in [-0.15, -0.1) is 0 Å². The Labute approximate surface area is 189 Å². The van der Waals surface area contributed by atoms with Crippen LogP contribution >= 0.6 is 0 Å². The number of nitrogens with one attached hydrogen (secondary N) is 1. The number of nitrogens with zero attached hydrogens (tertiary/aromatic N) is 1. The molecule has 0 spiro atoms. The molecule has 0 amide bonds. The first kappa shape index (κ1) is 21.2. The van der Waals surface area contributed by atoms with E-state index in [0.29, 0.717) is 24.7 Å². The van der Waals surface area contributed by atoms with Gasteiger partial charge in [-0.05, 0) is 53.9 Å². The van der Waals surface area contributed by atoms with Gasteiger partial charge in [0, 0.05) is 0 Å². The average Bonchev–Trinajstić information content (AvgIpc) is 2.84. The fourth-order valence-corrected chi connectivity index (χ4v) is 3.12. The van der Waals surface area contributed by atoms with E-state index in [2.05, 4.69) is 17.5 Å². The van der Waals surface area contributed by atoms with Crippen LogP contribution in [-0.4, -0.2) is 6.21 Å². The molecule has 0 aliphatic rings. The molecule has 1 N–H and O–H groups in total. The summed E-state index contributed by atoms with van der Waals surface area (Å²) >= 11 is 0. The Morgan fingerprint density at radius 3 is 1.91 bits per heavy atom.